The zero-order valence-electron chi connectivity index (χ0n) is 13.3. The van der Waals surface area contributed by atoms with Crippen LogP contribution in [-0.4, -0.2) is 42.9 Å². The fraction of sp³-hybridized carbons (Fsp3) is 0.647. The molecule has 1 aliphatic rings. The Kier molecular flexibility index (Phi) is 7.06. The molecule has 0 bridgehead atoms. The van der Waals surface area contributed by atoms with Crippen molar-refractivity contribution < 1.29 is 14.3 Å². The standard InChI is InChI=1S/C17H25NO3S/c1-18(11-10-14-6-2-3-12-21-14)17(20)9-4-7-15(19)16-8-5-13-22-16/h5,8,13-14H,2-4,6-7,9-12H2,1H3. The molecule has 1 unspecified atom stereocenters. The molecule has 5 heteroatoms. The van der Waals surface area contributed by atoms with E-state index < -0.39 is 0 Å². The number of nitrogens with zero attached hydrogens (tertiary/aromatic N) is 1. The molecule has 0 aliphatic carbocycles. The SMILES string of the molecule is CN(CCC1CCCCO1)C(=O)CCCC(=O)c1cccs1. The van der Waals surface area contributed by atoms with E-state index in [-0.39, 0.29) is 11.7 Å². The van der Waals surface area contributed by atoms with Crippen LogP contribution in [0.1, 0.15) is 54.6 Å². The van der Waals surface area contributed by atoms with Gasteiger partial charge in [0.2, 0.25) is 5.91 Å². The van der Waals surface area contributed by atoms with Gasteiger partial charge in [-0.25, -0.2) is 0 Å². The van der Waals surface area contributed by atoms with E-state index in [1.165, 1.54) is 17.8 Å². The number of amides is 1. The summed E-state index contributed by atoms with van der Waals surface area (Å²) in [5.41, 5.74) is 0. The van der Waals surface area contributed by atoms with Crippen molar-refractivity contribution in [1.29, 1.82) is 0 Å². The van der Waals surface area contributed by atoms with Crippen LogP contribution in [0.2, 0.25) is 0 Å². The van der Waals surface area contributed by atoms with Gasteiger partial charge in [0, 0.05) is 33.0 Å². The van der Waals surface area contributed by atoms with Crippen LogP contribution in [0, 0.1) is 0 Å². The predicted octanol–water partition coefficient (Wildman–Crippen LogP) is 3.52. The molecule has 1 saturated heterocycles. The van der Waals surface area contributed by atoms with Gasteiger partial charge in [-0.05, 0) is 43.6 Å². The van der Waals surface area contributed by atoms with Crippen LogP contribution >= 0.6 is 11.3 Å². The van der Waals surface area contributed by atoms with Gasteiger partial charge in [0.05, 0.1) is 11.0 Å². The number of carbonyl (C=O) groups is 2. The average molecular weight is 323 g/mol. The number of carbonyl (C=O) groups excluding carboxylic acids is 2. The van der Waals surface area contributed by atoms with E-state index in [0.29, 0.717) is 25.4 Å². The Balaban J connectivity index is 1.60. The van der Waals surface area contributed by atoms with E-state index in [2.05, 4.69) is 0 Å². The highest BCUT2D eigenvalue weighted by Crippen LogP contribution is 2.16. The van der Waals surface area contributed by atoms with E-state index in [1.54, 1.807) is 4.90 Å². The van der Waals surface area contributed by atoms with Crippen LogP contribution in [0.5, 0.6) is 0 Å². The van der Waals surface area contributed by atoms with Crippen molar-refractivity contribution in [2.45, 2.75) is 51.0 Å². The van der Waals surface area contributed by atoms with Gasteiger partial charge in [0.1, 0.15) is 0 Å². The Hall–Kier alpha value is -1.20. The van der Waals surface area contributed by atoms with Crippen LogP contribution in [-0.2, 0) is 9.53 Å². The minimum Gasteiger partial charge on any atom is -0.378 e. The van der Waals surface area contributed by atoms with E-state index in [9.17, 15) is 9.59 Å². The summed E-state index contributed by atoms with van der Waals surface area (Å²) in [7, 11) is 1.84. The van der Waals surface area contributed by atoms with Gasteiger partial charge < -0.3 is 9.64 Å². The number of thiophene rings is 1. The summed E-state index contributed by atoms with van der Waals surface area (Å²) in [6.45, 7) is 1.59. The first-order valence-corrected chi connectivity index (χ1v) is 8.97. The lowest BCUT2D eigenvalue weighted by Crippen LogP contribution is -2.31. The van der Waals surface area contributed by atoms with Crippen LogP contribution < -0.4 is 0 Å². The summed E-state index contributed by atoms with van der Waals surface area (Å²) in [4.78, 5) is 26.5. The summed E-state index contributed by atoms with van der Waals surface area (Å²) in [5.74, 6) is 0.260. The maximum absolute atomic E-state index is 12.1. The molecule has 0 saturated carbocycles. The van der Waals surface area contributed by atoms with Gasteiger partial charge in [-0.15, -0.1) is 11.3 Å². The largest absolute Gasteiger partial charge is 0.378 e. The van der Waals surface area contributed by atoms with Gasteiger partial charge in [0.25, 0.3) is 0 Å². The highest BCUT2D eigenvalue weighted by Gasteiger charge is 2.16. The van der Waals surface area contributed by atoms with Gasteiger partial charge in [-0.1, -0.05) is 6.07 Å². The highest BCUT2D eigenvalue weighted by molar-refractivity contribution is 7.12. The summed E-state index contributed by atoms with van der Waals surface area (Å²) < 4.78 is 5.68. The molecule has 1 amide bonds. The van der Waals surface area contributed by atoms with Crippen molar-refractivity contribution >= 4 is 23.0 Å². The molecular weight excluding hydrogens is 298 g/mol. The van der Waals surface area contributed by atoms with Crippen LogP contribution in [0.4, 0.5) is 0 Å². The van der Waals surface area contributed by atoms with E-state index in [1.807, 2.05) is 24.6 Å². The molecule has 1 aromatic rings. The quantitative estimate of drug-likeness (QED) is 0.688. The fourth-order valence-electron chi connectivity index (χ4n) is 2.65. The second-order valence-electron chi connectivity index (χ2n) is 5.85. The lowest BCUT2D eigenvalue weighted by Gasteiger charge is -2.25. The van der Waals surface area contributed by atoms with Crippen molar-refractivity contribution in [2.75, 3.05) is 20.2 Å². The lowest BCUT2D eigenvalue weighted by molar-refractivity contribution is -0.130. The molecule has 1 fully saturated rings. The van der Waals surface area contributed by atoms with Crippen molar-refractivity contribution in [3.8, 4) is 0 Å². The topological polar surface area (TPSA) is 46.6 Å². The van der Waals surface area contributed by atoms with Crippen molar-refractivity contribution in [1.82, 2.24) is 4.90 Å². The van der Waals surface area contributed by atoms with Crippen molar-refractivity contribution in [3.05, 3.63) is 22.4 Å². The first-order chi connectivity index (χ1) is 10.7. The lowest BCUT2D eigenvalue weighted by atomic mass is 10.1. The maximum Gasteiger partial charge on any atom is 0.222 e. The van der Waals surface area contributed by atoms with Crippen LogP contribution in [0.25, 0.3) is 0 Å². The molecule has 122 valence electrons. The van der Waals surface area contributed by atoms with Gasteiger partial charge in [0.15, 0.2) is 5.78 Å². The van der Waals surface area contributed by atoms with E-state index in [0.717, 1.165) is 37.3 Å². The molecule has 2 heterocycles. The van der Waals surface area contributed by atoms with Gasteiger partial charge >= 0.3 is 0 Å². The molecule has 1 atom stereocenters. The summed E-state index contributed by atoms with van der Waals surface area (Å²) in [6.07, 6.45) is 6.24. The van der Waals surface area contributed by atoms with Gasteiger partial charge in [-0.2, -0.15) is 0 Å². The second kappa shape index (κ2) is 9.06. The molecule has 1 aromatic heterocycles. The zero-order valence-corrected chi connectivity index (χ0v) is 14.1. The highest BCUT2D eigenvalue weighted by atomic mass is 32.1. The molecule has 2 rings (SSSR count). The second-order valence-corrected chi connectivity index (χ2v) is 6.79. The third-order valence-corrected chi connectivity index (χ3v) is 4.99. The Morgan fingerprint density at radius 2 is 2.23 bits per heavy atom. The third kappa shape index (κ3) is 5.54. The number of hydrogen-bond acceptors (Lipinski definition) is 4. The number of ketones is 1. The summed E-state index contributed by atoms with van der Waals surface area (Å²) in [6, 6.07) is 3.72. The first kappa shape index (κ1) is 17.2. The molecule has 1 aliphatic heterocycles. The molecular formula is C17H25NO3S. The van der Waals surface area contributed by atoms with E-state index in [4.69, 9.17) is 4.74 Å². The Morgan fingerprint density at radius 1 is 1.36 bits per heavy atom. The van der Waals surface area contributed by atoms with Crippen LogP contribution in [0.3, 0.4) is 0 Å². The molecule has 22 heavy (non-hydrogen) atoms. The molecule has 4 nitrogen and oxygen atoms in total. The monoisotopic (exact) mass is 323 g/mol. The smallest absolute Gasteiger partial charge is 0.222 e. The Labute approximate surface area is 136 Å². The van der Waals surface area contributed by atoms with Crippen molar-refractivity contribution in [3.63, 3.8) is 0 Å². The number of ether oxygens (including phenoxy) is 1. The minimum absolute atomic E-state index is 0.120. The number of rotatable bonds is 8. The van der Waals surface area contributed by atoms with Crippen molar-refractivity contribution in [2.24, 2.45) is 0 Å². The molecule has 0 spiro atoms. The minimum atomic E-state index is 0.120. The number of hydrogen-bond donors (Lipinski definition) is 0. The fourth-order valence-corrected chi connectivity index (χ4v) is 3.34. The normalized spacial score (nSPS) is 18.1. The summed E-state index contributed by atoms with van der Waals surface area (Å²) in [5, 5.41) is 1.90. The van der Waals surface area contributed by atoms with Gasteiger partial charge in [-0.3, -0.25) is 9.59 Å². The molecule has 0 N–H and O–H groups in total. The zero-order chi connectivity index (χ0) is 15.8. The average Bonchev–Trinajstić information content (AvgIpc) is 3.08. The third-order valence-electron chi connectivity index (χ3n) is 4.08. The van der Waals surface area contributed by atoms with Crippen LogP contribution in [0.15, 0.2) is 17.5 Å². The van der Waals surface area contributed by atoms with E-state index >= 15 is 0 Å². The molecule has 0 radical (unpaired) electrons. The number of Topliss-reactive ketones (excluding diaryl/α,β-unsaturated/α-hetero) is 1. The summed E-state index contributed by atoms with van der Waals surface area (Å²) >= 11 is 1.46. The predicted molar refractivity (Wildman–Crippen MR) is 88.3 cm³/mol. The molecule has 0 aromatic carbocycles. The Bertz CT molecular complexity index is 466. The first-order valence-electron chi connectivity index (χ1n) is 8.09. The Morgan fingerprint density at radius 3 is 2.91 bits per heavy atom. The maximum atomic E-state index is 12.1.